The van der Waals surface area contributed by atoms with E-state index in [0.717, 1.165) is 17.1 Å². The van der Waals surface area contributed by atoms with Crippen LogP contribution >= 0.6 is 0 Å². The van der Waals surface area contributed by atoms with Crippen molar-refractivity contribution in [1.82, 2.24) is 14.5 Å². The lowest BCUT2D eigenvalue weighted by Crippen LogP contribution is -2.38. The predicted octanol–water partition coefficient (Wildman–Crippen LogP) is 2.81. The van der Waals surface area contributed by atoms with Crippen LogP contribution in [0, 0.1) is 11.8 Å². The number of imidazole rings is 1. The Morgan fingerprint density at radius 1 is 1.19 bits per heavy atom. The van der Waals surface area contributed by atoms with Crippen LogP contribution in [0.4, 0.5) is 8.78 Å². The van der Waals surface area contributed by atoms with Gasteiger partial charge in [0.25, 0.3) is 11.8 Å². The van der Waals surface area contributed by atoms with Crippen LogP contribution < -0.4 is 0 Å². The predicted molar refractivity (Wildman–Crippen MR) is 89.8 cm³/mol. The Bertz CT molecular complexity index is 865. The van der Waals surface area contributed by atoms with Crippen LogP contribution in [-0.2, 0) is 17.9 Å². The number of likely N-dealkylation sites (tertiary alicyclic amines) is 1. The lowest BCUT2D eigenvalue weighted by atomic mass is 10.1. The van der Waals surface area contributed by atoms with Crippen molar-refractivity contribution in [2.75, 3.05) is 19.7 Å². The molecule has 1 saturated carbocycles. The summed E-state index contributed by atoms with van der Waals surface area (Å²) in [7, 11) is 0. The van der Waals surface area contributed by atoms with Gasteiger partial charge < -0.3 is 14.2 Å². The zero-order valence-corrected chi connectivity index (χ0v) is 14.2. The third kappa shape index (κ3) is 2.30. The van der Waals surface area contributed by atoms with E-state index in [1.807, 2.05) is 34.9 Å². The van der Waals surface area contributed by atoms with Crippen LogP contribution in [0.5, 0.6) is 0 Å². The number of nitrogens with zero attached hydrogens (tertiary/aromatic N) is 3. The van der Waals surface area contributed by atoms with Crippen LogP contribution in [-0.4, -0.2) is 46.0 Å². The molecule has 2 unspecified atom stereocenters. The number of piperidine rings is 1. The van der Waals surface area contributed by atoms with Crippen molar-refractivity contribution in [2.45, 2.75) is 25.5 Å². The summed E-state index contributed by atoms with van der Waals surface area (Å²) in [6.45, 7) is 1.99. The molecular formula is C19H19F2N3O2. The average molecular weight is 359 g/mol. The van der Waals surface area contributed by atoms with Crippen molar-refractivity contribution in [3.63, 3.8) is 0 Å². The second kappa shape index (κ2) is 5.61. The third-order valence-electron chi connectivity index (χ3n) is 5.78. The van der Waals surface area contributed by atoms with Crippen LogP contribution in [0.15, 0.2) is 30.3 Å². The second-order valence-electron chi connectivity index (χ2n) is 7.23. The van der Waals surface area contributed by atoms with Gasteiger partial charge in [-0.25, -0.2) is 13.8 Å². The summed E-state index contributed by atoms with van der Waals surface area (Å²) < 4.78 is 34.9. The molecule has 2 aromatic rings. The molecule has 26 heavy (non-hydrogen) atoms. The number of hydrogen-bond donors (Lipinski definition) is 0. The Balaban J connectivity index is 1.49. The number of benzene rings is 1. The smallest absolute Gasteiger partial charge is 0.274 e. The molecule has 0 N–H and O–H groups in total. The maximum atomic E-state index is 13.7. The molecule has 136 valence electrons. The van der Waals surface area contributed by atoms with Crippen molar-refractivity contribution < 1.29 is 18.3 Å². The maximum absolute atomic E-state index is 13.7. The number of halogens is 2. The van der Waals surface area contributed by atoms with Gasteiger partial charge in [0.15, 0.2) is 5.69 Å². The van der Waals surface area contributed by atoms with Gasteiger partial charge >= 0.3 is 0 Å². The van der Waals surface area contributed by atoms with E-state index in [1.54, 1.807) is 0 Å². The van der Waals surface area contributed by atoms with Crippen molar-refractivity contribution in [3.8, 4) is 11.4 Å². The molecule has 1 amide bonds. The summed E-state index contributed by atoms with van der Waals surface area (Å²) in [4.78, 5) is 19.2. The lowest BCUT2D eigenvalue weighted by molar-refractivity contribution is 0.0656. The third-order valence-corrected chi connectivity index (χ3v) is 5.78. The van der Waals surface area contributed by atoms with Gasteiger partial charge in [-0.05, 0) is 6.42 Å². The minimum Gasteiger partial charge on any atom is -0.373 e. The van der Waals surface area contributed by atoms with E-state index in [1.165, 1.54) is 4.90 Å². The minimum atomic E-state index is -2.61. The summed E-state index contributed by atoms with van der Waals surface area (Å²) in [5.41, 5.74) is 2.01. The number of fused-ring (bicyclic) bond motifs is 2. The molecular weight excluding hydrogens is 340 g/mol. The summed E-state index contributed by atoms with van der Waals surface area (Å²) in [5, 5.41) is 0. The Hall–Kier alpha value is -2.28. The Labute approximate surface area is 149 Å². The van der Waals surface area contributed by atoms with Crippen LogP contribution in [0.1, 0.15) is 22.6 Å². The molecule has 5 nitrogen and oxygen atoms in total. The molecule has 3 aliphatic rings. The molecule has 1 aromatic carbocycles. The first-order valence-electron chi connectivity index (χ1n) is 8.97. The first-order chi connectivity index (χ1) is 12.6. The van der Waals surface area contributed by atoms with Crippen LogP contribution in [0.2, 0.25) is 0 Å². The summed E-state index contributed by atoms with van der Waals surface area (Å²) in [5.74, 6) is -3.38. The number of carbonyl (C=O) groups is 1. The zero-order chi connectivity index (χ0) is 17.9. The van der Waals surface area contributed by atoms with Crippen molar-refractivity contribution in [2.24, 2.45) is 11.8 Å². The largest absolute Gasteiger partial charge is 0.373 e. The van der Waals surface area contributed by atoms with E-state index in [4.69, 9.17) is 4.74 Å². The minimum absolute atomic E-state index is 0.115. The summed E-state index contributed by atoms with van der Waals surface area (Å²) >= 11 is 0. The zero-order valence-electron chi connectivity index (χ0n) is 14.2. The molecule has 0 bridgehead atoms. The monoisotopic (exact) mass is 359 g/mol. The van der Waals surface area contributed by atoms with Gasteiger partial charge in [0, 0.05) is 37.0 Å². The molecule has 1 aliphatic carbocycles. The van der Waals surface area contributed by atoms with Gasteiger partial charge in [-0.15, -0.1) is 0 Å². The number of aromatic nitrogens is 2. The number of hydrogen-bond acceptors (Lipinski definition) is 3. The fourth-order valence-electron chi connectivity index (χ4n) is 4.24. The highest BCUT2D eigenvalue weighted by atomic mass is 19.3. The Kier molecular flexibility index (Phi) is 3.44. The van der Waals surface area contributed by atoms with E-state index in [0.29, 0.717) is 38.4 Å². The Morgan fingerprint density at radius 3 is 2.77 bits per heavy atom. The molecule has 3 heterocycles. The number of alkyl halides is 2. The SMILES string of the molecule is O=C(c1nc(-c2ccccc2)n2c1COCC2)N1CCC2C(C1)C2(F)F. The van der Waals surface area contributed by atoms with Crippen molar-refractivity contribution in [3.05, 3.63) is 41.7 Å². The highest BCUT2D eigenvalue weighted by Gasteiger charge is 2.69. The molecule has 2 atom stereocenters. The van der Waals surface area contributed by atoms with Gasteiger partial charge in [0.1, 0.15) is 5.82 Å². The van der Waals surface area contributed by atoms with E-state index in [-0.39, 0.29) is 12.5 Å². The van der Waals surface area contributed by atoms with Gasteiger partial charge in [-0.1, -0.05) is 30.3 Å². The van der Waals surface area contributed by atoms with Gasteiger partial charge in [0.2, 0.25) is 0 Å². The molecule has 1 aromatic heterocycles. The first kappa shape index (κ1) is 15.9. The number of amides is 1. The van der Waals surface area contributed by atoms with Crippen molar-refractivity contribution in [1.29, 1.82) is 0 Å². The standard InChI is InChI=1S/C19H19F2N3O2/c20-19(21)13-6-7-23(10-14(13)19)18(25)16-15-11-26-9-8-24(15)17(22-16)12-4-2-1-3-5-12/h1-5,13-14H,6-11H2. The maximum Gasteiger partial charge on any atom is 0.274 e. The number of ether oxygens (including phenoxy) is 1. The molecule has 2 aliphatic heterocycles. The van der Waals surface area contributed by atoms with Crippen LogP contribution in [0.25, 0.3) is 11.4 Å². The summed E-state index contributed by atoms with van der Waals surface area (Å²) in [6, 6.07) is 9.69. The fraction of sp³-hybridized carbons (Fsp3) is 0.474. The van der Waals surface area contributed by atoms with Gasteiger partial charge in [-0.3, -0.25) is 4.79 Å². The number of carbonyl (C=O) groups excluding carboxylic acids is 1. The van der Waals surface area contributed by atoms with E-state index >= 15 is 0 Å². The molecule has 7 heteroatoms. The highest BCUT2D eigenvalue weighted by molar-refractivity contribution is 5.94. The van der Waals surface area contributed by atoms with E-state index in [9.17, 15) is 13.6 Å². The van der Waals surface area contributed by atoms with E-state index in [2.05, 4.69) is 4.98 Å². The quantitative estimate of drug-likeness (QED) is 0.828. The first-order valence-corrected chi connectivity index (χ1v) is 8.97. The Morgan fingerprint density at radius 2 is 2.00 bits per heavy atom. The van der Waals surface area contributed by atoms with Crippen LogP contribution in [0.3, 0.4) is 0 Å². The molecule has 2 fully saturated rings. The second-order valence-corrected chi connectivity index (χ2v) is 7.23. The van der Waals surface area contributed by atoms with Gasteiger partial charge in [-0.2, -0.15) is 0 Å². The molecule has 5 rings (SSSR count). The summed E-state index contributed by atoms with van der Waals surface area (Å²) in [6.07, 6.45) is 0.363. The fourth-order valence-corrected chi connectivity index (χ4v) is 4.24. The molecule has 1 saturated heterocycles. The van der Waals surface area contributed by atoms with Crippen molar-refractivity contribution >= 4 is 5.91 Å². The molecule has 0 radical (unpaired) electrons. The topological polar surface area (TPSA) is 47.4 Å². The molecule has 0 spiro atoms. The highest BCUT2D eigenvalue weighted by Crippen LogP contribution is 2.59. The lowest BCUT2D eigenvalue weighted by Gasteiger charge is -2.25. The number of rotatable bonds is 2. The van der Waals surface area contributed by atoms with Gasteiger partial charge in [0.05, 0.1) is 18.9 Å². The normalized spacial score (nSPS) is 26.2. The average Bonchev–Trinajstić information content (AvgIpc) is 3.04. The van der Waals surface area contributed by atoms with E-state index < -0.39 is 17.8 Å².